The van der Waals surface area contributed by atoms with Crippen molar-refractivity contribution in [1.82, 2.24) is 9.80 Å². The molecule has 6 heteroatoms. The Hall–Kier alpha value is -1.30. The van der Waals surface area contributed by atoms with E-state index < -0.39 is 5.41 Å². The lowest BCUT2D eigenvalue weighted by Crippen LogP contribution is -2.51. The standard InChI is InChI=1S/C12H24N4O2/c1-12(2,10(13)14-18)11(17)16-7-5-6-9(16)8-15(3)4/h9,18H,5-8H2,1-4H3,(H2,13,14). The number of hydrogen-bond acceptors (Lipinski definition) is 4. The van der Waals surface area contributed by atoms with E-state index in [1.165, 1.54) is 0 Å². The van der Waals surface area contributed by atoms with Crippen LogP contribution in [0.25, 0.3) is 0 Å². The van der Waals surface area contributed by atoms with Crippen LogP contribution in [0.2, 0.25) is 0 Å². The molecule has 0 spiro atoms. The van der Waals surface area contributed by atoms with Crippen LogP contribution in [-0.2, 0) is 4.79 Å². The highest BCUT2D eigenvalue weighted by atomic mass is 16.4. The Morgan fingerprint density at radius 2 is 2.17 bits per heavy atom. The molecule has 0 aromatic rings. The van der Waals surface area contributed by atoms with Crippen LogP contribution in [0.3, 0.4) is 0 Å². The van der Waals surface area contributed by atoms with E-state index in [0.29, 0.717) is 0 Å². The van der Waals surface area contributed by atoms with Gasteiger partial charge in [-0.05, 0) is 40.8 Å². The number of likely N-dealkylation sites (N-methyl/N-ethyl adjacent to an activating group) is 1. The fraction of sp³-hybridized carbons (Fsp3) is 0.833. The van der Waals surface area contributed by atoms with Crippen LogP contribution in [0, 0.1) is 5.41 Å². The maximum atomic E-state index is 12.5. The molecule has 0 saturated carbocycles. The molecule has 0 aromatic carbocycles. The molecular formula is C12H24N4O2. The Bertz CT molecular complexity index is 339. The van der Waals surface area contributed by atoms with E-state index >= 15 is 0 Å². The summed E-state index contributed by atoms with van der Waals surface area (Å²) < 4.78 is 0. The normalized spacial score (nSPS) is 21.7. The Morgan fingerprint density at radius 1 is 1.56 bits per heavy atom. The number of carbonyl (C=O) groups excluding carboxylic acids is 1. The number of rotatable bonds is 4. The predicted octanol–water partition coefficient (Wildman–Crippen LogP) is 0.312. The molecule has 1 heterocycles. The minimum atomic E-state index is -0.955. The smallest absolute Gasteiger partial charge is 0.236 e. The van der Waals surface area contributed by atoms with Gasteiger partial charge >= 0.3 is 0 Å². The van der Waals surface area contributed by atoms with Crippen LogP contribution in [0.5, 0.6) is 0 Å². The number of amides is 1. The highest BCUT2D eigenvalue weighted by molar-refractivity contribution is 6.06. The highest BCUT2D eigenvalue weighted by Crippen LogP contribution is 2.26. The van der Waals surface area contributed by atoms with Crippen molar-refractivity contribution in [2.45, 2.75) is 32.7 Å². The number of amidine groups is 1. The van der Waals surface area contributed by atoms with E-state index in [0.717, 1.165) is 25.9 Å². The number of oxime groups is 1. The summed E-state index contributed by atoms with van der Waals surface area (Å²) in [5.41, 5.74) is 4.65. The largest absolute Gasteiger partial charge is 0.409 e. The number of nitrogens with zero attached hydrogens (tertiary/aromatic N) is 3. The molecular weight excluding hydrogens is 232 g/mol. The van der Waals surface area contributed by atoms with Gasteiger partial charge in [-0.25, -0.2) is 0 Å². The molecule has 6 nitrogen and oxygen atoms in total. The van der Waals surface area contributed by atoms with Crippen LogP contribution in [0.15, 0.2) is 5.16 Å². The van der Waals surface area contributed by atoms with Crippen LogP contribution >= 0.6 is 0 Å². The van der Waals surface area contributed by atoms with Gasteiger partial charge in [0.15, 0.2) is 5.84 Å². The van der Waals surface area contributed by atoms with Gasteiger partial charge < -0.3 is 20.7 Å². The Balaban J connectivity index is 2.83. The van der Waals surface area contributed by atoms with Gasteiger partial charge in [0.05, 0.1) is 0 Å². The fourth-order valence-corrected chi connectivity index (χ4v) is 2.31. The summed E-state index contributed by atoms with van der Waals surface area (Å²) in [6.07, 6.45) is 2.02. The Kier molecular flexibility index (Phi) is 4.56. The molecule has 0 radical (unpaired) electrons. The second-order valence-corrected chi connectivity index (χ2v) is 5.67. The molecule has 18 heavy (non-hydrogen) atoms. The van der Waals surface area contributed by atoms with Crippen molar-refractivity contribution < 1.29 is 10.0 Å². The van der Waals surface area contributed by atoms with Gasteiger partial charge in [0.25, 0.3) is 0 Å². The van der Waals surface area contributed by atoms with E-state index in [9.17, 15) is 4.79 Å². The fourth-order valence-electron chi connectivity index (χ4n) is 2.31. The lowest BCUT2D eigenvalue weighted by atomic mass is 9.90. The number of likely N-dealkylation sites (tertiary alicyclic amines) is 1. The molecule has 1 aliphatic heterocycles. The topological polar surface area (TPSA) is 82.2 Å². The molecule has 1 unspecified atom stereocenters. The summed E-state index contributed by atoms with van der Waals surface area (Å²) in [6.45, 7) is 4.97. The molecule has 1 fully saturated rings. The van der Waals surface area contributed by atoms with Gasteiger partial charge in [-0.3, -0.25) is 4.79 Å². The number of carbonyl (C=O) groups is 1. The van der Waals surface area contributed by atoms with E-state index in [1.54, 1.807) is 13.8 Å². The Morgan fingerprint density at radius 3 is 2.67 bits per heavy atom. The maximum Gasteiger partial charge on any atom is 0.236 e. The predicted molar refractivity (Wildman–Crippen MR) is 70.5 cm³/mol. The third-order valence-corrected chi connectivity index (χ3v) is 3.50. The molecule has 1 rings (SSSR count). The monoisotopic (exact) mass is 256 g/mol. The van der Waals surface area contributed by atoms with Gasteiger partial charge in [0.1, 0.15) is 5.41 Å². The first-order valence-corrected chi connectivity index (χ1v) is 6.24. The van der Waals surface area contributed by atoms with Gasteiger partial charge in [-0.15, -0.1) is 0 Å². The number of hydrogen-bond donors (Lipinski definition) is 2. The lowest BCUT2D eigenvalue weighted by molar-refractivity contribution is -0.138. The zero-order valence-corrected chi connectivity index (χ0v) is 11.7. The van der Waals surface area contributed by atoms with Crippen molar-refractivity contribution in [1.29, 1.82) is 0 Å². The number of nitrogens with two attached hydrogens (primary N) is 1. The average Bonchev–Trinajstić information content (AvgIpc) is 2.73. The first-order chi connectivity index (χ1) is 8.30. The van der Waals surface area contributed by atoms with Crippen molar-refractivity contribution >= 4 is 11.7 Å². The first kappa shape index (κ1) is 14.8. The van der Waals surface area contributed by atoms with Gasteiger partial charge in [0.2, 0.25) is 5.91 Å². The zero-order valence-electron chi connectivity index (χ0n) is 11.7. The minimum Gasteiger partial charge on any atom is -0.409 e. The molecule has 1 amide bonds. The quantitative estimate of drug-likeness (QED) is 0.328. The van der Waals surface area contributed by atoms with Crippen LogP contribution in [-0.4, -0.2) is 60.0 Å². The highest BCUT2D eigenvalue weighted by Gasteiger charge is 2.40. The van der Waals surface area contributed by atoms with Crippen molar-refractivity contribution in [3.8, 4) is 0 Å². The molecule has 3 N–H and O–H groups in total. The molecule has 0 aliphatic carbocycles. The maximum absolute atomic E-state index is 12.5. The molecule has 1 saturated heterocycles. The van der Waals surface area contributed by atoms with Crippen molar-refractivity contribution in [2.24, 2.45) is 16.3 Å². The van der Waals surface area contributed by atoms with E-state index in [4.69, 9.17) is 10.9 Å². The van der Waals surface area contributed by atoms with Gasteiger partial charge in [0, 0.05) is 19.1 Å². The van der Waals surface area contributed by atoms with Crippen molar-refractivity contribution in [3.63, 3.8) is 0 Å². The first-order valence-electron chi connectivity index (χ1n) is 6.24. The summed E-state index contributed by atoms with van der Waals surface area (Å²) in [5, 5.41) is 11.7. The average molecular weight is 256 g/mol. The SMILES string of the molecule is CN(C)CC1CCCN1C(=O)C(C)(C)C(N)=NO. The van der Waals surface area contributed by atoms with Crippen LogP contribution in [0.1, 0.15) is 26.7 Å². The summed E-state index contributed by atoms with van der Waals surface area (Å²) in [4.78, 5) is 16.4. The lowest BCUT2D eigenvalue weighted by Gasteiger charge is -2.33. The summed E-state index contributed by atoms with van der Waals surface area (Å²) >= 11 is 0. The van der Waals surface area contributed by atoms with Gasteiger partial charge in [-0.2, -0.15) is 0 Å². The summed E-state index contributed by atoms with van der Waals surface area (Å²) in [5.74, 6) is -0.106. The van der Waals surface area contributed by atoms with Crippen molar-refractivity contribution in [3.05, 3.63) is 0 Å². The van der Waals surface area contributed by atoms with E-state index in [1.807, 2.05) is 19.0 Å². The van der Waals surface area contributed by atoms with E-state index in [2.05, 4.69) is 10.1 Å². The minimum absolute atomic E-state index is 0.0389. The van der Waals surface area contributed by atoms with Gasteiger partial charge in [-0.1, -0.05) is 5.16 Å². The summed E-state index contributed by atoms with van der Waals surface area (Å²) in [6, 6.07) is 0.221. The summed E-state index contributed by atoms with van der Waals surface area (Å²) in [7, 11) is 3.99. The molecule has 0 bridgehead atoms. The molecule has 1 atom stereocenters. The molecule has 0 aromatic heterocycles. The second-order valence-electron chi connectivity index (χ2n) is 5.67. The van der Waals surface area contributed by atoms with Crippen LogP contribution in [0.4, 0.5) is 0 Å². The Labute approximate surface area is 108 Å². The molecule has 1 aliphatic rings. The second kappa shape index (κ2) is 5.56. The zero-order chi connectivity index (χ0) is 13.9. The third kappa shape index (κ3) is 2.93. The van der Waals surface area contributed by atoms with Crippen molar-refractivity contribution in [2.75, 3.05) is 27.2 Å². The third-order valence-electron chi connectivity index (χ3n) is 3.50. The molecule has 104 valence electrons. The van der Waals surface area contributed by atoms with Crippen LogP contribution < -0.4 is 5.73 Å². The van der Waals surface area contributed by atoms with E-state index in [-0.39, 0.29) is 17.8 Å².